The van der Waals surface area contributed by atoms with Crippen LogP contribution in [0.2, 0.25) is 0 Å². The van der Waals surface area contributed by atoms with Crippen LogP contribution in [0.1, 0.15) is 200 Å². The van der Waals surface area contributed by atoms with Gasteiger partial charge in [-0.2, -0.15) is 0 Å². The predicted octanol–water partition coefficient (Wildman–Crippen LogP) is 11.9. The van der Waals surface area contributed by atoms with E-state index in [1.54, 1.807) is 5.82 Å². The molecule has 0 saturated heterocycles. The number of hydrogen-bond acceptors (Lipinski definition) is 0. The molecule has 1 heterocycles. The molecule has 0 radical (unpaired) electrons. The van der Waals surface area contributed by atoms with E-state index in [-0.39, 0.29) is 0 Å². The van der Waals surface area contributed by atoms with Gasteiger partial charge in [0.25, 0.3) is 5.82 Å². The molecule has 2 heteroatoms. The molecule has 0 aliphatic heterocycles. The number of aryl methyl sites for hydroxylation is 2. The molecule has 0 unspecified atom stereocenters. The number of aromatic nitrogens is 2. The van der Waals surface area contributed by atoms with Gasteiger partial charge in [-0.3, -0.25) is 0 Å². The van der Waals surface area contributed by atoms with Crippen molar-refractivity contribution in [3.8, 4) is 0 Å². The zero-order chi connectivity index (χ0) is 27.4. The maximum absolute atomic E-state index is 2.61. The van der Waals surface area contributed by atoms with Crippen LogP contribution >= 0.6 is 0 Å². The molecular weight excluding hydrogens is 460 g/mol. The molecule has 0 atom stereocenters. The molecule has 0 aliphatic rings. The largest absolute Gasteiger partial charge is 0.256 e. The normalized spacial score (nSPS) is 11.6. The van der Waals surface area contributed by atoms with Gasteiger partial charge in [0.05, 0.1) is 13.1 Å². The molecule has 0 fully saturated rings. The van der Waals surface area contributed by atoms with Gasteiger partial charge in [0.1, 0.15) is 12.4 Å². The Kier molecular flexibility index (Phi) is 25.7. The number of hydrogen-bond donors (Lipinski definition) is 0. The summed E-state index contributed by atoms with van der Waals surface area (Å²) < 4.78 is 5.21. The van der Waals surface area contributed by atoms with Crippen molar-refractivity contribution in [1.29, 1.82) is 0 Å². The molecule has 0 aromatic carbocycles. The van der Waals surface area contributed by atoms with E-state index in [9.17, 15) is 0 Å². The Labute approximate surface area is 240 Å². The van der Waals surface area contributed by atoms with E-state index in [1.807, 2.05) is 0 Å². The van der Waals surface area contributed by atoms with E-state index >= 15 is 0 Å². The van der Waals surface area contributed by atoms with Gasteiger partial charge in [0, 0.05) is 6.42 Å². The van der Waals surface area contributed by atoms with Gasteiger partial charge in [-0.15, -0.1) is 0 Å². The van der Waals surface area contributed by atoms with Gasteiger partial charge in [-0.05, 0) is 32.1 Å². The van der Waals surface area contributed by atoms with Crippen molar-refractivity contribution >= 4 is 0 Å². The Morgan fingerprint density at radius 1 is 0.447 bits per heavy atom. The van der Waals surface area contributed by atoms with Crippen LogP contribution in [-0.2, 0) is 19.5 Å². The summed E-state index contributed by atoms with van der Waals surface area (Å²) in [4.78, 5) is 0. The topological polar surface area (TPSA) is 8.81 Å². The SMILES string of the molecule is CCCCCCCCCCCCCCCCCC[n+]1ccn(CCCCCCCCC)c1CCCCCC. The molecule has 0 amide bonds. The first-order valence-electron chi connectivity index (χ1n) is 17.9. The van der Waals surface area contributed by atoms with Crippen LogP contribution in [0.25, 0.3) is 0 Å². The lowest BCUT2D eigenvalue weighted by Gasteiger charge is -2.07. The maximum atomic E-state index is 2.61. The van der Waals surface area contributed by atoms with E-state index in [0.717, 1.165) is 0 Å². The van der Waals surface area contributed by atoms with Crippen molar-refractivity contribution in [3.63, 3.8) is 0 Å². The third kappa shape index (κ3) is 20.2. The van der Waals surface area contributed by atoms with Gasteiger partial charge in [0.2, 0.25) is 0 Å². The van der Waals surface area contributed by atoms with Gasteiger partial charge in [0.15, 0.2) is 0 Å². The molecule has 38 heavy (non-hydrogen) atoms. The summed E-state index contributed by atoms with van der Waals surface area (Å²) in [6.07, 6.45) is 44.5. The lowest BCUT2D eigenvalue weighted by molar-refractivity contribution is -0.704. The van der Waals surface area contributed by atoms with E-state index in [0.29, 0.717) is 0 Å². The number of unbranched alkanes of at least 4 members (excludes halogenated alkanes) is 24. The highest BCUT2D eigenvalue weighted by Crippen LogP contribution is 2.14. The average Bonchev–Trinajstić information content (AvgIpc) is 3.31. The van der Waals surface area contributed by atoms with Crippen LogP contribution in [0, 0.1) is 0 Å². The zero-order valence-corrected chi connectivity index (χ0v) is 26.8. The van der Waals surface area contributed by atoms with E-state index in [1.165, 1.54) is 193 Å². The highest BCUT2D eigenvalue weighted by Gasteiger charge is 2.16. The summed E-state index contributed by atoms with van der Waals surface area (Å²) in [5.41, 5.74) is 0. The van der Waals surface area contributed by atoms with Crippen LogP contribution in [0.15, 0.2) is 12.4 Å². The zero-order valence-electron chi connectivity index (χ0n) is 26.8. The monoisotopic (exact) mass is 532 g/mol. The summed E-state index contributed by atoms with van der Waals surface area (Å²) in [6.45, 7) is 9.39. The van der Waals surface area contributed by atoms with E-state index < -0.39 is 0 Å². The Morgan fingerprint density at radius 2 is 0.816 bits per heavy atom. The van der Waals surface area contributed by atoms with Crippen LogP contribution in [-0.4, -0.2) is 4.57 Å². The predicted molar refractivity (Wildman–Crippen MR) is 170 cm³/mol. The van der Waals surface area contributed by atoms with Gasteiger partial charge >= 0.3 is 0 Å². The molecule has 2 nitrogen and oxygen atoms in total. The third-order valence-corrected chi connectivity index (χ3v) is 8.60. The van der Waals surface area contributed by atoms with Gasteiger partial charge in [-0.25, -0.2) is 9.13 Å². The van der Waals surface area contributed by atoms with Crippen molar-refractivity contribution in [3.05, 3.63) is 18.2 Å². The molecule has 0 aliphatic carbocycles. The molecule has 0 bridgehead atoms. The first-order valence-corrected chi connectivity index (χ1v) is 17.9. The Morgan fingerprint density at radius 3 is 1.26 bits per heavy atom. The molecule has 1 aromatic heterocycles. The molecule has 1 aromatic rings. The minimum Gasteiger partial charge on any atom is -0.234 e. The first kappa shape index (κ1) is 35.2. The molecular formula is C36H71N2+. The van der Waals surface area contributed by atoms with Crippen LogP contribution in [0.3, 0.4) is 0 Å². The van der Waals surface area contributed by atoms with Crippen LogP contribution in [0.5, 0.6) is 0 Å². The summed E-state index contributed by atoms with van der Waals surface area (Å²) >= 11 is 0. The quantitative estimate of drug-likeness (QED) is 0.0689. The van der Waals surface area contributed by atoms with E-state index in [2.05, 4.69) is 42.3 Å². The fourth-order valence-electron chi connectivity index (χ4n) is 5.97. The van der Waals surface area contributed by atoms with Crippen molar-refractivity contribution in [1.82, 2.24) is 4.57 Å². The van der Waals surface area contributed by atoms with E-state index in [4.69, 9.17) is 0 Å². The maximum Gasteiger partial charge on any atom is 0.256 e. The van der Waals surface area contributed by atoms with Crippen LogP contribution < -0.4 is 4.57 Å². The fourth-order valence-corrected chi connectivity index (χ4v) is 5.97. The lowest BCUT2D eigenvalue weighted by Crippen LogP contribution is -2.37. The Hall–Kier alpha value is -0.790. The number of rotatable bonds is 30. The minimum absolute atomic E-state index is 1.23. The Bertz CT molecular complexity index is 590. The highest BCUT2D eigenvalue weighted by atomic mass is 15.1. The third-order valence-electron chi connectivity index (χ3n) is 8.60. The van der Waals surface area contributed by atoms with Gasteiger partial charge in [-0.1, -0.05) is 162 Å². The molecule has 0 N–H and O–H groups in total. The molecule has 0 saturated carbocycles. The second-order valence-electron chi connectivity index (χ2n) is 12.3. The first-order chi connectivity index (χ1) is 18.8. The van der Waals surface area contributed by atoms with Crippen LogP contribution in [0.4, 0.5) is 0 Å². The summed E-state index contributed by atoms with van der Waals surface area (Å²) in [7, 11) is 0. The summed E-state index contributed by atoms with van der Waals surface area (Å²) in [5.74, 6) is 1.60. The Balaban J connectivity index is 2.14. The lowest BCUT2D eigenvalue weighted by atomic mass is 10.0. The minimum atomic E-state index is 1.23. The summed E-state index contributed by atoms with van der Waals surface area (Å²) in [6, 6.07) is 0. The van der Waals surface area contributed by atoms with Crippen molar-refractivity contribution in [2.75, 3.05) is 0 Å². The smallest absolute Gasteiger partial charge is 0.234 e. The molecule has 1 rings (SSSR count). The van der Waals surface area contributed by atoms with Crippen molar-refractivity contribution in [2.45, 2.75) is 214 Å². The van der Waals surface area contributed by atoms with Crippen molar-refractivity contribution < 1.29 is 4.57 Å². The number of nitrogens with zero attached hydrogens (tertiary/aromatic N) is 2. The van der Waals surface area contributed by atoms with Gasteiger partial charge < -0.3 is 0 Å². The standard InChI is InChI=1S/C36H71N2/c1-4-7-10-13-15-16-17-18-19-20-21-22-23-25-27-30-33-38-35-34-37(36(38)31-28-12-9-6-3)32-29-26-24-14-11-8-5-2/h34-35H,4-33H2,1-3H3/q+1. The fraction of sp³-hybridized carbons (Fsp3) is 0.917. The van der Waals surface area contributed by atoms with Crippen molar-refractivity contribution in [2.24, 2.45) is 0 Å². The highest BCUT2D eigenvalue weighted by molar-refractivity contribution is 4.84. The second kappa shape index (κ2) is 27.8. The second-order valence-corrected chi connectivity index (χ2v) is 12.3. The molecule has 0 spiro atoms. The average molecular weight is 532 g/mol. The summed E-state index contributed by atoms with van der Waals surface area (Å²) in [5, 5.41) is 0. The number of imidazole rings is 1. The molecule has 224 valence electrons.